The summed E-state index contributed by atoms with van der Waals surface area (Å²) in [5.41, 5.74) is 2.79. The van der Waals surface area contributed by atoms with E-state index in [1.165, 1.54) is 43.2 Å². The van der Waals surface area contributed by atoms with E-state index in [1.807, 2.05) is 24.3 Å². The third-order valence-electron chi connectivity index (χ3n) is 6.27. The number of piperidine rings is 1. The molecule has 0 unspecified atom stereocenters. The smallest absolute Gasteiger partial charge is 0.115 e. The van der Waals surface area contributed by atoms with Gasteiger partial charge in [0.05, 0.1) is 0 Å². The van der Waals surface area contributed by atoms with Crippen LogP contribution in [0.25, 0.3) is 0 Å². The van der Waals surface area contributed by atoms with Crippen molar-refractivity contribution in [1.29, 1.82) is 0 Å². The molecule has 2 fully saturated rings. The Labute approximate surface area is 166 Å². The van der Waals surface area contributed by atoms with Gasteiger partial charge in [-0.3, -0.25) is 4.90 Å². The molecule has 26 heavy (non-hydrogen) atoms. The highest BCUT2D eigenvalue weighted by molar-refractivity contribution is 8.93. The number of fused-ring (bicyclic) bond motifs is 2. The summed E-state index contributed by atoms with van der Waals surface area (Å²) in [5.74, 6) is 0.747. The highest BCUT2D eigenvalue weighted by atomic mass is 79.9. The molecule has 2 atom stereocenters. The molecular formula is C22H28BrNO2. The van der Waals surface area contributed by atoms with Crippen LogP contribution in [0.5, 0.6) is 11.5 Å². The molecule has 0 spiro atoms. The first kappa shape index (κ1) is 19.2. The van der Waals surface area contributed by atoms with E-state index in [4.69, 9.17) is 0 Å². The summed E-state index contributed by atoms with van der Waals surface area (Å²) in [7, 11) is 0. The van der Waals surface area contributed by atoms with E-state index in [0.717, 1.165) is 19.5 Å². The second-order valence-electron chi connectivity index (χ2n) is 7.79. The number of rotatable bonds is 4. The van der Waals surface area contributed by atoms with E-state index in [1.54, 1.807) is 12.1 Å². The maximum atomic E-state index is 9.89. The molecule has 2 bridgehead atoms. The number of hydrogen-bond donors (Lipinski definition) is 2. The van der Waals surface area contributed by atoms with E-state index in [0.29, 0.717) is 17.5 Å². The van der Waals surface area contributed by atoms with Crippen molar-refractivity contribution in [3.8, 4) is 11.5 Å². The summed E-state index contributed by atoms with van der Waals surface area (Å²) in [4.78, 5) is 2.64. The fourth-order valence-corrected chi connectivity index (χ4v) is 4.93. The Morgan fingerprint density at radius 3 is 2.54 bits per heavy atom. The second kappa shape index (κ2) is 8.01. The van der Waals surface area contributed by atoms with Gasteiger partial charge in [-0.25, -0.2) is 0 Å². The molecule has 4 heteroatoms. The van der Waals surface area contributed by atoms with Crippen LogP contribution in [0.15, 0.2) is 48.5 Å². The van der Waals surface area contributed by atoms with Gasteiger partial charge >= 0.3 is 0 Å². The standard InChI is InChI=1S/C22H27NO2.BrH/c24-20-7-1-4-17(14-20)9-12-23-13-11-22(10-3-6-19(23)16-22)18-5-2-8-21(25)15-18;/h1-2,4-5,7-8,14-15,19,24-25H,3,6,9-13,16H2;1H/t19-,22+;/m1./s1. The van der Waals surface area contributed by atoms with Crippen molar-refractivity contribution in [3.63, 3.8) is 0 Å². The van der Waals surface area contributed by atoms with Crippen LogP contribution in [0.1, 0.15) is 43.2 Å². The van der Waals surface area contributed by atoms with Crippen LogP contribution in [-0.2, 0) is 11.8 Å². The summed E-state index contributed by atoms with van der Waals surface area (Å²) in [6.07, 6.45) is 7.16. The van der Waals surface area contributed by atoms with Gasteiger partial charge in [0, 0.05) is 12.6 Å². The molecule has 1 aliphatic carbocycles. The molecule has 1 saturated carbocycles. The van der Waals surface area contributed by atoms with Crippen LogP contribution >= 0.6 is 17.0 Å². The number of hydrogen-bond acceptors (Lipinski definition) is 3. The molecule has 3 nitrogen and oxygen atoms in total. The average Bonchev–Trinajstić information content (AvgIpc) is 2.61. The van der Waals surface area contributed by atoms with Crippen LogP contribution in [0.3, 0.4) is 0 Å². The average molecular weight is 418 g/mol. The quantitative estimate of drug-likeness (QED) is 0.750. The first-order valence-electron chi connectivity index (χ1n) is 9.46. The van der Waals surface area contributed by atoms with E-state index in [-0.39, 0.29) is 22.4 Å². The lowest BCUT2D eigenvalue weighted by atomic mass is 9.63. The SMILES string of the molecule is Br.Oc1cccc(CCN2CC[C@@]3(c4cccc(O)c4)CCC[C@@H]2C3)c1. The van der Waals surface area contributed by atoms with Gasteiger partial charge in [-0.2, -0.15) is 0 Å². The molecule has 1 saturated heterocycles. The van der Waals surface area contributed by atoms with Gasteiger partial charge < -0.3 is 10.2 Å². The Balaban J connectivity index is 0.00000196. The van der Waals surface area contributed by atoms with Gasteiger partial charge in [-0.05, 0) is 79.5 Å². The summed E-state index contributed by atoms with van der Waals surface area (Å²) in [5, 5.41) is 19.5. The predicted molar refractivity (Wildman–Crippen MR) is 110 cm³/mol. The van der Waals surface area contributed by atoms with Crippen molar-refractivity contribution in [2.24, 2.45) is 0 Å². The molecule has 0 radical (unpaired) electrons. The predicted octanol–water partition coefficient (Wildman–Crippen LogP) is 4.80. The van der Waals surface area contributed by atoms with Crippen LogP contribution in [-0.4, -0.2) is 34.2 Å². The number of halogens is 1. The highest BCUT2D eigenvalue weighted by Crippen LogP contribution is 2.47. The summed E-state index contributed by atoms with van der Waals surface area (Å²) in [6, 6.07) is 16.2. The van der Waals surface area contributed by atoms with Gasteiger partial charge in [-0.1, -0.05) is 30.7 Å². The maximum absolute atomic E-state index is 9.89. The van der Waals surface area contributed by atoms with E-state index >= 15 is 0 Å². The molecule has 1 aliphatic heterocycles. The summed E-state index contributed by atoms with van der Waals surface area (Å²) in [6.45, 7) is 2.18. The van der Waals surface area contributed by atoms with Crippen LogP contribution < -0.4 is 0 Å². The third kappa shape index (κ3) is 3.91. The summed E-state index contributed by atoms with van der Waals surface area (Å²) >= 11 is 0. The highest BCUT2D eigenvalue weighted by Gasteiger charge is 2.43. The second-order valence-corrected chi connectivity index (χ2v) is 7.79. The number of nitrogens with zero attached hydrogens (tertiary/aromatic N) is 1. The van der Waals surface area contributed by atoms with Gasteiger partial charge in [0.1, 0.15) is 11.5 Å². The molecule has 4 rings (SSSR count). The molecule has 1 heterocycles. The number of phenolic OH excluding ortho intramolecular Hbond substituents is 2. The first-order valence-corrected chi connectivity index (χ1v) is 9.46. The van der Waals surface area contributed by atoms with Crippen molar-refractivity contribution < 1.29 is 10.2 Å². The summed E-state index contributed by atoms with van der Waals surface area (Å²) < 4.78 is 0. The Morgan fingerprint density at radius 1 is 1.00 bits per heavy atom. The molecule has 2 aliphatic rings. The maximum Gasteiger partial charge on any atom is 0.115 e. The van der Waals surface area contributed by atoms with Gasteiger partial charge in [0.25, 0.3) is 0 Å². The van der Waals surface area contributed by atoms with Crippen molar-refractivity contribution in [2.75, 3.05) is 13.1 Å². The minimum absolute atomic E-state index is 0. The van der Waals surface area contributed by atoms with Gasteiger partial charge in [0.2, 0.25) is 0 Å². The lowest BCUT2D eigenvalue weighted by Crippen LogP contribution is -2.52. The largest absolute Gasteiger partial charge is 0.508 e. The van der Waals surface area contributed by atoms with Crippen LogP contribution in [0.2, 0.25) is 0 Å². The van der Waals surface area contributed by atoms with E-state index in [2.05, 4.69) is 17.0 Å². The monoisotopic (exact) mass is 417 g/mol. The zero-order chi connectivity index (χ0) is 17.3. The first-order chi connectivity index (χ1) is 12.1. The Morgan fingerprint density at radius 2 is 1.77 bits per heavy atom. The number of phenols is 2. The molecule has 0 aromatic heterocycles. The molecule has 2 aromatic rings. The van der Waals surface area contributed by atoms with E-state index in [9.17, 15) is 10.2 Å². The lowest BCUT2D eigenvalue weighted by molar-refractivity contribution is 0.0524. The Hall–Kier alpha value is -1.52. The third-order valence-corrected chi connectivity index (χ3v) is 6.27. The zero-order valence-electron chi connectivity index (χ0n) is 15.1. The molecule has 140 valence electrons. The van der Waals surface area contributed by atoms with Crippen molar-refractivity contribution >= 4 is 17.0 Å². The number of likely N-dealkylation sites (tertiary alicyclic amines) is 1. The normalized spacial score (nSPS) is 25.5. The number of benzene rings is 2. The minimum atomic E-state index is 0. The number of aromatic hydroxyl groups is 2. The van der Waals surface area contributed by atoms with E-state index < -0.39 is 0 Å². The van der Waals surface area contributed by atoms with Gasteiger partial charge in [-0.15, -0.1) is 17.0 Å². The van der Waals surface area contributed by atoms with Crippen LogP contribution in [0.4, 0.5) is 0 Å². The Kier molecular flexibility index (Phi) is 5.93. The van der Waals surface area contributed by atoms with Gasteiger partial charge in [0.15, 0.2) is 0 Å². The fraction of sp³-hybridized carbons (Fsp3) is 0.455. The topological polar surface area (TPSA) is 43.7 Å². The molecule has 0 amide bonds. The Bertz CT molecular complexity index is 750. The fourth-order valence-electron chi connectivity index (χ4n) is 4.93. The lowest BCUT2D eigenvalue weighted by Gasteiger charge is -2.51. The van der Waals surface area contributed by atoms with Crippen molar-refractivity contribution in [3.05, 3.63) is 59.7 Å². The van der Waals surface area contributed by atoms with Crippen molar-refractivity contribution in [2.45, 2.75) is 50.0 Å². The molecular weight excluding hydrogens is 390 g/mol. The van der Waals surface area contributed by atoms with Crippen molar-refractivity contribution in [1.82, 2.24) is 4.90 Å². The zero-order valence-corrected chi connectivity index (χ0v) is 16.8. The molecule has 2 N–H and O–H groups in total. The molecule has 2 aromatic carbocycles. The van der Waals surface area contributed by atoms with Crippen LogP contribution in [0, 0.1) is 0 Å². The minimum Gasteiger partial charge on any atom is -0.508 e.